The minimum absolute atomic E-state index is 0.0581. The summed E-state index contributed by atoms with van der Waals surface area (Å²) in [6.45, 7) is 3.34. The van der Waals surface area contributed by atoms with Crippen molar-refractivity contribution in [1.82, 2.24) is 5.32 Å². The van der Waals surface area contributed by atoms with Crippen LogP contribution in [-0.2, 0) is 4.79 Å². The summed E-state index contributed by atoms with van der Waals surface area (Å²) in [7, 11) is 1.63. The van der Waals surface area contributed by atoms with Gasteiger partial charge in [0.15, 0.2) is 0 Å². The second kappa shape index (κ2) is 5.20. The van der Waals surface area contributed by atoms with Crippen molar-refractivity contribution in [3.63, 3.8) is 0 Å². The molecule has 1 N–H and O–H groups in total. The third kappa shape index (κ3) is 3.85. The van der Waals surface area contributed by atoms with E-state index in [0.717, 1.165) is 17.0 Å². The van der Waals surface area contributed by atoms with Gasteiger partial charge in [-0.05, 0) is 30.7 Å². The number of methoxy groups -OCH3 is 1. The zero-order chi connectivity index (χ0) is 11.3. The Balaban J connectivity index is 2.75. The summed E-state index contributed by atoms with van der Waals surface area (Å²) in [5.74, 6) is 0.765. The van der Waals surface area contributed by atoms with Crippen molar-refractivity contribution in [3.8, 4) is 5.75 Å². The number of amides is 1. The van der Waals surface area contributed by atoms with E-state index in [1.165, 1.54) is 6.92 Å². The lowest BCUT2D eigenvalue weighted by atomic mass is 10.2. The number of carbonyl (C=O) groups is 1. The normalized spacial score (nSPS) is 11.0. The van der Waals surface area contributed by atoms with E-state index < -0.39 is 0 Å². The van der Waals surface area contributed by atoms with Gasteiger partial charge in [0.25, 0.3) is 0 Å². The van der Waals surface area contributed by atoms with E-state index in [2.05, 4.69) is 5.32 Å². The zero-order valence-corrected chi connectivity index (χ0v) is 9.20. The number of hydrogen-bond acceptors (Lipinski definition) is 2. The first-order chi connectivity index (χ1) is 7.11. The summed E-state index contributed by atoms with van der Waals surface area (Å²) in [6.07, 6.45) is 1.90. The van der Waals surface area contributed by atoms with Gasteiger partial charge < -0.3 is 10.1 Å². The smallest absolute Gasteiger partial charge is 0.220 e. The van der Waals surface area contributed by atoms with E-state index in [1.54, 1.807) is 7.11 Å². The first-order valence-electron chi connectivity index (χ1n) is 4.72. The lowest BCUT2D eigenvalue weighted by Crippen LogP contribution is -2.16. The fourth-order valence-electron chi connectivity index (χ4n) is 1.26. The Hall–Kier alpha value is -1.77. The van der Waals surface area contributed by atoms with Gasteiger partial charge in [-0.2, -0.15) is 0 Å². The molecule has 80 valence electrons. The first-order valence-corrected chi connectivity index (χ1v) is 4.72. The van der Waals surface area contributed by atoms with Crippen LogP contribution in [0.5, 0.6) is 5.75 Å². The van der Waals surface area contributed by atoms with Crippen LogP contribution in [0.2, 0.25) is 0 Å². The van der Waals surface area contributed by atoms with Gasteiger partial charge in [-0.25, -0.2) is 0 Å². The standard InChI is InChI=1S/C12H15NO2/c1-9(13-10(2)14)8-11-4-6-12(15-3)7-5-11/h4-8H,1-3H3,(H,13,14)/b9-8+. The van der Waals surface area contributed by atoms with E-state index >= 15 is 0 Å². The van der Waals surface area contributed by atoms with E-state index in [-0.39, 0.29) is 5.91 Å². The molecule has 0 bridgehead atoms. The molecule has 0 heterocycles. The third-order valence-electron chi connectivity index (χ3n) is 1.87. The van der Waals surface area contributed by atoms with Gasteiger partial charge in [-0.1, -0.05) is 12.1 Å². The molecule has 1 rings (SSSR count). The van der Waals surface area contributed by atoms with Crippen LogP contribution in [-0.4, -0.2) is 13.0 Å². The van der Waals surface area contributed by atoms with Crippen molar-refractivity contribution in [2.75, 3.05) is 7.11 Å². The highest BCUT2D eigenvalue weighted by molar-refractivity contribution is 5.76. The molecule has 0 aliphatic carbocycles. The average molecular weight is 205 g/mol. The molecule has 15 heavy (non-hydrogen) atoms. The fraction of sp³-hybridized carbons (Fsp3) is 0.250. The molecule has 3 heteroatoms. The highest BCUT2D eigenvalue weighted by atomic mass is 16.5. The number of hydrogen-bond donors (Lipinski definition) is 1. The van der Waals surface area contributed by atoms with Crippen molar-refractivity contribution in [2.45, 2.75) is 13.8 Å². The highest BCUT2D eigenvalue weighted by Gasteiger charge is 1.94. The molecule has 1 aromatic carbocycles. The lowest BCUT2D eigenvalue weighted by Gasteiger charge is -2.02. The molecule has 0 radical (unpaired) electrons. The van der Waals surface area contributed by atoms with Crippen LogP contribution in [0.3, 0.4) is 0 Å². The largest absolute Gasteiger partial charge is 0.497 e. The van der Waals surface area contributed by atoms with Gasteiger partial charge >= 0.3 is 0 Å². The summed E-state index contributed by atoms with van der Waals surface area (Å²) in [5, 5.41) is 2.71. The number of rotatable bonds is 3. The number of benzene rings is 1. The monoisotopic (exact) mass is 205 g/mol. The van der Waals surface area contributed by atoms with Crippen LogP contribution in [0.15, 0.2) is 30.0 Å². The molecule has 3 nitrogen and oxygen atoms in total. The van der Waals surface area contributed by atoms with Crippen LogP contribution in [0, 0.1) is 0 Å². The number of ether oxygens (including phenoxy) is 1. The SMILES string of the molecule is COc1ccc(/C=C(\C)NC(C)=O)cc1. The van der Waals surface area contributed by atoms with Gasteiger partial charge in [0.1, 0.15) is 5.75 Å². The van der Waals surface area contributed by atoms with E-state index in [1.807, 2.05) is 37.3 Å². The van der Waals surface area contributed by atoms with Crippen molar-refractivity contribution < 1.29 is 9.53 Å². The van der Waals surface area contributed by atoms with Crippen LogP contribution in [0.1, 0.15) is 19.4 Å². The van der Waals surface area contributed by atoms with Crippen LogP contribution >= 0.6 is 0 Å². The first kappa shape index (κ1) is 11.3. The minimum atomic E-state index is -0.0581. The van der Waals surface area contributed by atoms with Crippen LogP contribution in [0.25, 0.3) is 6.08 Å². The number of carbonyl (C=O) groups excluding carboxylic acids is 1. The van der Waals surface area contributed by atoms with E-state index in [4.69, 9.17) is 4.74 Å². The van der Waals surface area contributed by atoms with Gasteiger partial charge in [-0.3, -0.25) is 4.79 Å². The molecule has 1 amide bonds. The minimum Gasteiger partial charge on any atom is -0.497 e. The van der Waals surface area contributed by atoms with Gasteiger partial charge in [0.05, 0.1) is 7.11 Å². The third-order valence-corrected chi connectivity index (χ3v) is 1.87. The summed E-state index contributed by atoms with van der Waals surface area (Å²) >= 11 is 0. The molecule has 0 atom stereocenters. The van der Waals surface area contributed by atoms with Crippen molar-refractivity contribution in [1.29, 1.82) is 0 Å². The predicted octanol–water partition coefficient (Wildman–Crippen LogP) is 2.19. The van der Waals surface area contributed by atoms with Gasteiger partial charge in [0, 0.05) is 12.6 Å². The molecule has 0 aliphatic rings. The Kier molecular flexibility index (Phi) is 3.92. The Bertz CT molecular complexity index is 366. The summed E-state index contributed by atoms with van der Waals surface area (Å²) in [5.41, 5.74) is 1.86. The second-order valence-electron chi connectivity index (χ2n) is 3.28. The molecule has 0 fully saturated rings. The highest BCUT2D eigenvalue weighted by Crippen LogP contribution is 2.13. The van der Waals surface area contributed by atoms with Gasteiger partial charge in [0.2, 0.25) is 5.91 Å². The quantitative estimate of drug-likeness (QED) is 0.821. The molecule has 0 saturated heterocycles. The Morgan fingerprint density at radius 3 is 2.33 bits per heavy atom. The molecular formula is C12H15NO2. The van der Waals surface area contributed by atoms with Crippen molar-refractivity contribution in [3.05, 3.63) is 35.5 Å². The molecule has 0 unspecified atom stereocenters. The van der Waals surface area contributed by atoms with E-state index in [0.29, 0.717) is 0 Å². The maximum atomic E-state index is 10.8. The van der Waals surface area contributed by atoms with Crippen LogP contribution < -0.4 is 10.1 Å². The second-order valence-corrected chi connectivity index (χ2v) is 3.28. The maximum absolute atomic E-state index is 10.8. The number of nitrogens with one attached hydrogen (secondary N) is 1. The Morgan fingerprint density at radius 2 is 1.87 bits per heavy atom. The lowest BCUT2D eigenvalue weighted by molar-refractivity contribution is -0.118. The van der Waals surface area contributed by atoms with E-state index in [9.17, 15) is 4.79 Å². The Labute approximate surface area is 89.8 Å². The predicted molar refractivity (Wildman–Crippen MR) is 60.5 cm³/mol. The number of allylic oxidation sites excluding steroid dienone is 1. The summed E-state index contributed by atoms with van der Waals surface area (Å²) in [4.78, 5) is 10.8. The molecular weight excluding hydrogens is 190 g/mol. The van der Waals surface area contributed by atoms with Crippen LogP contribution in [0.4, 0.5) is 0 Å². The maximum Gasteiger partial charge on any atom is 0.220 e. The molecule has 0 aromatic heterocycles. The molecule has 1 aromatic rings. The summed E-state index contributed by atoms with van der Waals surface area (Å²) in [6, 6.07) is 7.63. The van der Waals surface area contributed by atoms with Gasteiger partial charge in [-0.15, -0.1) is 0 Å². The molecule has 0 aliphatic heterocycles. The van der Waals surface area contributed by atoms with Crippen molar-refractivity contribution >= 4 is 12.0 Å². The zero-order valence-electron chi connectivity index (χ0n) is 9.20. The molecule has 0 saturated carbocycles. The molecule has 0 spiro atoms. The summed E-state index contributed by atoms with van der Waals surface area (Å²) < 4.78 is 5.05. The average Bonchev–Trinajstić information content (AvgIpc) is 2.17. The van der Waals surface area contributed by atoms with Crippen molar-refractivity contribution in [2.24, 2.45) is 0 Å². The fourth-order valence-corrected chi connectivity index (χ4v) is 1.26. The Morgan fingerprint density at radius 1 is 1.27 bits per heavy atom. The topological polar surface area (TPSA) is 38.3 Å².